The summed E-state index contributed by atoms with van der Waals surface area (Å²) in [5.74, 6) is 1.50. The van der Waals surface area contributed by atoms with Crippen LogP contribution in [0.5, 0.6) is 0 Å². The summed E-state index contributed by atoms with van der Waals surface area (Å²) in [6, 6.07) is 3.98. The van der Waals surface area contributed by atoms with Crippen LogP contribution in [0.3, 0.4) is 0 Å². The van der Waals surface area contributed by atoms with Crippen LogP contribution in [0.25, 0.3) is 5.65 Å². The Morgan fingerprint density at radius 1 is 1.38 bits per heavy atom. The molecule has 0 bridgehead atoms. The predicted molar refractivity (Wildman–Crippen MR) is 65.5 cm³/mol. The molecule has 0 saturated carbocycles. The highest BCUT2D eigenvalue weighted by atomic mass is 79.9. The molecule has 1 N–H and O–H groups in total. The Hall–Kier alpha value is -0.940. The van der Waals surface area contributed by atoms with Crippen LogP contribution >= 0.6 is 15.9 Å². The Morgan fingerprint density at radius 2 is 2.19 bits per heavy atom. The molecule has 0 aliphatic carbocycles. The van der Waals surface area contributed by atoms with E-state index in [0.29, 0.717) is 5.92 Å². The number of nitrogens with one attached hydrogen (secondary N) is 1. The van der Waals surface area contributed by atoms with Crippen LogP contribution in [0, 0.1) is 0 Å². The lowest BCUT2D eigenvalue weighted by molar-refractivity contribution is 0.445. The molecule has 0 aromatic carbocycles. The summed E-state index contributed by atoms with van der Waals surface area (Å²) in [4.78, 5) is 4.59. The number of piperidine rings is 1. The van der Waals surface area contributed by atoms with Crippen molar-refractivity contribution < 1.29 is 0 Å². The summed E-state index contributed by atoms with van der Waals surface area (Å²) in [5, 5.41) is 7.89. The van der Waals surface area contributed by atoms with Gasteiger partial charge < -0.3 is 5.32 Å². The fourth-order valence-electron chi connectivity index (χ4n) is 2.13. The average Bonchev–Trinajstić information content (AvgIpc) is 2.73. The third-order valence-electron chi connectivity index (χ3n) is 3.02. The highest BCUT2D eigenvalue weighted by molar-refractivity contribution is 9.10. The van der Waals surface area contributed by atoms with Crippen LogP contribution in [0.15, 0.2) is 22.8 Å². The second-order valence-electron chi connectivity index (χ2n) is 4.14. The summed E-state index contributed by atoms with van der Waals surface area (Å²) in [6.07, 6.45) is 4.22. The molecule has 3 rings (SSSR count). The van der Waals surface area contributed by atoms with Crippen LogP contribution in [-0.4, -0.2) is 27.7 Å². The Balaban J connectivity index is 1.97. The molecule has 0 spiro atoms. The lowest BCUT2D eigenvalue weighted by atomic mass is 9.98. The van der Waals surface area contributed by atoms with Crippen molar-refractivity contribution in [3.05, 3.63) is 28.6 Å². The summed E-state index contributed by atoms with van der Waals surface area (Å²) in [5.41, 5.74) is 0.919. The molecule has 84 valence electrons. The van der Waals surface area contributed by atoms with Crippen molar-refractivity contribution in [3.8, 4) is 0 Å². The van der Waals surface area contributed by atoms with Gasteiger partial charge in [-0.1, -0.05) is 15.9 Å². The van der Waals surface area contributed by atoms with Gasteiger partial charge in [0.25, 0.3) is 0 Å². The van der Waals surface area contributed by atoms with E-state index in [1.54, 1.807) is 0 Å². The fourth-order valence-corrected chi connectivity index (χ4v) is 2.45. The van der Waals surface area contributed by atoms with Crippen LogP contribution in [-0.2, 0) is 0 Å². The lowest BCUT2D eigenvalue weighted by Gasteiger charge is -2.19. The van der Waals surface area contributed by atoms with Crippen molar-refractivity contribution in [2.75, 3.05) is 13.1 Å². The Kier molecular flexibility index (Phi) is 2.65. The maximum atomic E-state index is 4.59. The van der Waals surface area contributed by atoms with Crippen molar-refractivity contribution in [1.82, 2.24) is 19.9 Å². The summed E-state index contributed by atoms with van der Waals surface area (Å²) in [7, 11) is 0. The van der Waals surface area contributed by atoms with Gasteiger partial charge in [0.2, 0.25) is 0 Å². The smallest absolute Gasteiger partial charge is 0.156 e. The highest BCUT2D eigenvalue weighted by Crippen LogP contribution is 2.23. The van der Waals surface area contributed by atoms with Crippen molar-refractivity contribution in [1.29, 1.82) is 0 Å². The normalized spacial score (nSPS) is 18.1. The molecule has 0 atom stereocenters. The first-order valence-electron chi connectivity index (χ1n) is 5.55. The Morgan fingerprint density at radius 3 is 3.00 bits per heavy atom. The molecule has 0 unspecified atom stereocenters. The van der Waals surface area contributed by atoms with E-state index < -0.39 is 0 Å². The standard InChI is InChI=1S/C11H13BrN4/c12-9-3-6-16-10(7-9)14-11(15-16)8-1-4-13-5-2-8/h3,6-8,13H,1-2,4-5H2. The minimum atomic E-state index is 0.514. The van der Waals surface area contributed by atoms with Gasteiger partial charge in [0.1, 0.15) is 0 Å². The van der Waals surface area contributed by atoms with E-state index in [1.165, 1.54) is 0 Å². The third kappa shape index (κ3) is 1.85. The molecule has 16 heavy (non-hydrogen) atoms. The van der Waals surface area contributed by atoms with Crippen molar-refractivity contribution >= 4 is 21.6 Å². The molecule has 1 aliphatic heterocycles. The van der Waals surface area contributed by atoms with Crippen molar-refractivity contribution in [2.45, 2.75) is 18.8 Å². The zero-order valence-corrected chi connectivity index (χ0v) is 10.4. The van der Waals surface area contributed by atoms with Gasteiger partial charge in [0, 0.05) is 16.6 Å². The van der Waals surface area contributed by atoms with Gasteiger partial charge in [-0.2, -0.15) is 5.10 Å². The molecule has 1 fully saturated rings. The first kappa shape index (κ1) is 10.2. The molecule has 0 radical (unpaired) electrons. The largest absolute Gasteiger partial charge is 0.317 e. The molecular weight excluding hydrogens is 268 g/mol. The molecule has 2 aromatic heterocycles. The quantitative estimate of drug-likeness (QED) is 0.869. The SMILES string of the molecule is Brc1ccn2nc(C3CCNCC3)nc2c1. The highest BCUT2D eigenvalue weighted by Gasteiger charge is 2.19. The number of halogens is 1. The molecule has 1 saturated heterocycles. The monoisotopic (exact) mass is 280 g/mol. The van der Waals surface area contributed by atoms with E-state index in [2.05, 4.69) is 31.3 Å². The maximum Gasteiger partial charge on any atom is 0.156 e. The van der Waals surface area contributed by atoms with E-state index in [9.17, 15) is 0 Å². The van der Waals surface area contributed by atoms with Crippen LogP contribution in [0.4, 0.5) is 0 Å². The first-order chi connectivity index (χ1) is 7.83. The van der Waals surface area contributed by atoms with Gasteiger partial charge in [-0.25, -0.2) is 9.50 Å². The fraction of sp³-hybridized carbons (Fsp3) is 0.455. The number of pyridine rings is 1. The van der Waals surface area contributed by atoms with E-state index >= 15 is 0 Å². The maximum absolute atomic E-state index is 4.59. The van der Waals surface area contributed by atoms with Crippen LogP contribution in [0.1, 0.15) is 24.6 Å². The van der Waals surface area contributed by atoms with E-state index in [1.807, 2.05) is 22.8 Å². The van der Waals surface area contributed by atoms with Gasteiger partial charge in [-0.3, -0.25) is 0 Å². The molecule has 0 amide bonds. The van der Waals surface area contributed by atoms with Crippen molar-refractivity contribution in [2.24, 2.45) is 0 Å². The topological polar surface area (TPSA) is 42.2 Å². The molecule has 2 aromatic rings. The van der Waals surface area contributed by atoms with Gasteiger partial charge in [-0.15, -0.1) is 0 Å². The van der Waals surface area contributed by atoms with E-state index in [4.69, 9.17) is 0 Å². The van der Waals surface area contributed by atoms with E-state index in [0.717, 1.165) is 41.9 Å². The zero-order valence-electron chi connectivity index (χ0n) is 8.86. The minimum absolute atomic E-state index is 0.514. The van der Waals surface area contributed by atoms with Crippen LogP contribution < -0.4 is 5.32 Å². The molecule has 1 aliphatic rings. The van der Waals surface area contributed by atoms with Crippen molar-refractivity contribution in [3.63, 3.8) is 0 Å². The molecular formula is C11H13BrN4. The Labute approximate surface area is 102 Å². The van der Waals surface area contributed by atoms with Gasteiger partial charge in [0.05, 0.1) is 0 Å². The zero-order chi connectivity index (χ0) is 11.0. The number of hydrogen-bond acceptors (Lipinski definition) is 3. The lowest BCUT2D eigenvalue weighted by Crippen LogP contribution is -2.27. The molecule has 3 heterocycles. The number of hydrogen-bond donors (Lipinski definition) is 1. The number of fused-ring (bicyclic) bond motifs is 1. The van der Waals surface area contributed by atoms with Crippen LogP contribution in [0.2, 0.25) is 0 Å². The first-order valence-corrected chi connectivity index (χ1v) is 6.35. The summed E-state index contributed by atoms with van der Waals surface area (Å²) < 4.78 is 2.89. The van der Waals surface area contributed by atoms with Gasteiger partial charge >= 0.3 is 0 Å². The van der Waals surface area contributed by atoms with E-state index in [-0.39, 0.29) is 0 Å². The number of nitrogens with zero attached hydrogens (tertiary/aromatic N) is 3. The summed E-state index contributed by atoms with van der Waals surface area (Å²) in [6.45, 7) is 2.15. The number of aromatic nitrogens is 3. The predicted octanol–water partition coefficient (Wildman–Crippen LogP) is 1.96. The molecule has 5 heteroatoms. The average molecular weight is 281 g/mol. The van der Waals surface area contributed by atoms with Gasteiger partial charge in [-0.05, 0) is 38.1 Å². The summed E-state index contributed by atoms with van der Waals surface area (Å²) >= 11 is 3.45. The number of rotatable bonds is 1. The second kappa shape index (κ2) is 4.14. The second-order valence-corrected chi connectivity index (χ2v) is 5.06. The molecule has 4 nitrogen and oxygen atoms in total. The minimum Gasteiger partial charge on any atom is -0.317 e. The van der Waals surface area contributed by atoms with Gasteiger partial charge in [0.15, 0.2) is 11.5 Å². The Bertz CT molecular complexity index is 502. The third-order valence-corrected chi connectivity index (χ3v) is 3.51.